The molecular weight excluding hydrogens is 463 g/mol. The molecule has 168 valence electrons. The van der Waals surface area contributed by atoms with E-state index in [1.807, 2.05) is 0 Å². The number of nitrogens with zero attached hydrogens (tertiary/aromatic N) is 3. The SMILES string of the molecule is O=C(Nc1ccc(-n2cnc3c(C(=O)O)nccc32)cc1)Nc1ccc(Cl)c(C(F)(F)F)c1. The van der Waals surface area contributed by atoms with Gasteiger partial charge in [0.1, 0.15) is 11.8 Å². The van der Waals surface area contributed by atoms with Crippen LogP contribution in [0.15, 0.2) is 61.1 Å². The number of imidazole rings is 1. The molecule has 2 heterocycles. The lowest BCUT2D eigenvalue weighted by atomic mass is 10.2. The molecule has 0 aliphatic rings. The van der Waals surface area contributed by atoms with E-state index in [1.165, 1.54) is 18.6 Å². The molecule has 2 amide bonds. The maximum absolute atomic E-state index is 13.0. The van der Waals surface area contributed by atoms with Crippen LogP contribution < -0.4 is 10.6 Å². The first-order valence-corrected chi connectivity index (χ1v) is 9.62. The van der Waals surface area contributed by atoms with Gasteiger partial charge in [0.05, 0.1) is 16.1 Å². The highest BCUT2D eigenvalue weighted by Crippen LogP contribution is 2.36. The number of alkyl halides is 3. The Morgan fingerprint density at radius 3 is 2.30 bits per heavy atom. The van der Waals surface area contributed by atoms with Gasteiger partial charge in [-0.05, 0) is 48.5 Å². The molecule has 2 aromatic heterocycles. The number of carboxylic acids is 1. The number of carbonyl (C=O) groups is 2. The van der Waals surface area contributed by atoms with Gasteiger partial charge in [-0.25, -0.2) is 19.6 Å². The molecule has 0 saturated carbocycles. The predicted octanol–water partition coefficient (Wildman–Crippen LogP) is 5.43. The summed E-state index contributed by atoms with van der Waals surface area (Å²) in [5.74, 6) is -1.19. The van der Waals surface area contributed by atoms with Gasteiger partial charge in [-0.1, -0.05) is 11.6 Å². The summed E-state index contributed by atoms with van der Waals surface area (Å²) in [4.78, 5) is 31.4. The monoisotopic (exact) mass is 475 g/mol. The number of aromatic nitrogens is 3. The van der Waals surface area contributed by atoms with E-state index in [9.17, 15) is 27.9 Å². The summed E-state index contributed by atoms with van der Waals surface area (Å²) in [6.45, 7) is 0. The van der Waals surface area contributed by atoms with E-state index in [0.29, 0.717) is 16.9 Å². The molecule has 4 rings (SSSR count). The zero-order valence-corrected chi connectivity index (χ0v) is 17.1. The third kappa shape index (κ3) is 4.58. The van der Waals surface area contributed by atoms with Crippen molar-refractivity contribution in [3.8, 4) is 5.69 Å². The Morgan fingerprint density at radius 1 is 0.970 bits per heavy atom. The van der Waals surface area contributed by atoms with Crippen LogP contribution in [0.1, 0.15) is 16.1 Å². The molecule has 0 fully saturated rings. The second-order valence-electron chi connectivity index (χ2n) is 6.77. The maximum Gasteiger partial charge on any atom is 0.417 e. The summed E-state index contributed by atoms with van der Waals surface area (Å²) in [6.07, 6.45) is -1.84. The minimum absolute atomic E-state index is 0.0754. The smallest absolute Gasteiger partial charge is 0.417 e. The van der Waals surface area contributed by atoms with Crippen LogP contribution in [-0.2, 0) is 6.18 Å². The van der Waals surface area contributed by atoms with Crippen molar-refractivity contribution in [3.05, 3.63) is 77.3 Å². The molecule has 3 N–H and O–H groups in total. The number of carbonyl (C=O) groups excluding carboxylic acids is 1. The molecule has 0 spiro atoms. The molecule has 0 unspecified atom stereocenters. The van der Waals surface area contributed by atoms with Gasteiger partial charge >= 0.3 is 18.2 Å². The third-order valence-corrected chi connectivity index (χ3v) is 4.93. The number of hydrogen-bond donors (Lipinski definition) is 3. The molecule has 12 heteroatoms. The quantitative estimate of drug-likeness (QED) is 0.364. The van der Waals surface area contributed by atoms with Crippen LogP contribution in [0.3, 0.4) is 0 Å². The highest BCUT2D eigenvalue weighted by atomic mass is 35.5. The molecule has 2 aromatic carbocycles. The Morgan fingerprint density at radius 2 is 1.64 bits per heavy atom. The van der Waals surface area contributed by atoms with E-state index in [1.54, 1.807) is 34.9 Å². The number of amides is 2. The van der Waals surface area contributed by atoms with E-state index < -0.39 is 28.8 Å². The lowest BCUT2D eigenvalue weighted by Gasteiger charge is -2.12. The summed E-state index contributed by atoms with van der Waals surface area (Å²) in [5.41, 5.74) is 0.472. The summed E-state index contributed by atoms with van der Waals surface area (Å²) in [5, 5.41) is 13.6. The Balaban J connectivity index is 1.50. The summed E-state index contributed by atoms with van der Waals surface area (Å²) in [6, 6.07) is 10.4. The van der Waals surface area contributed by atoms with Crippen molar-refractivity contribution >= 4 is 46.0 Å². The molecule has 0 bridgehead atoms. The van der Waals surface area contributed by atoms with E-state index in [2.05, 4.69) is 20.6 Å². The average molecular weight is 476 g/mol. The first-order chi connectivity index (χ1) is 15.6. The van der Waals surface area contributed by atoms with Gasteiger partial charge in [0.25, 0.3) is 0 Å². The number of hydrogen-bond acceptors (Lipinski definition) is 4. The fourth-order valence-electron chi connectivity index (χ4n) is 3.12. The van der Waals surface area contributed by atoms with E-state index >= 15 is 0 Å². The van der Waals surface area contributed by atoms with Crippen molar-refractivity contribution < 1.29 is 27.9 Å². The van der Waals surface area contributed by atoms with Gasteiger partial charge in [0, 0.05) is 23.3 Å². The first-order valence-electron chi connectivity index (χ1n) is 9.24. The van der Waals surface area contributed by atoms with Crippen molar-refractivity contribution in [1.29, 1.82) is 0 Å². The molecule has 4 aromatic rings. The topological polar surface area (TPSA) is 109 Å². The Kier molecular flexibility index (Phi) is 5.64. The van der Waals surface area contributed by atoms with Crippen LogP contribution in [0.5, 0.6) is 0 Å². The zero-order valence-electron chi connectivity index (χ0n) is 16.4. The van der Waals surface area contributed by atoms with Crippen molar-refractivity contribution in [3.63, 3.8) is 0 Å². The van der Waals surface area contributed by atoms with Gasteiger partial charge in [-0.3, -0.25) is 4.57 Å². The lowest BCUT2D eigenvalue weighted by molar-refractivity contribution is -0.137. The van der Waals surface area contributed by atoms with Crippen LogP contribution in [-0.4, -0.2) is 31.6 Å². The first kappa shape index (κ1) is 22.1. The summed E-state index contributed by atoms with van der Waals surface area (Å²) in [7, 11) is 0. The highest BCUT2D eigenvalue weighted by molar-refractivity contribution is 6.31. The second-order valence-corrected chi connectivity index (χ2v) is 7.17. The molecular formula is C21H13ClF3N5O3. The Hall–Kier alpha value is -4.12. The van der Waals surface area contributed by atoms with Gasteiger partial charge in [-0.15, -0.1) is 0 Å². The Bertz CT molecular complexity index is 1370. The largest absolute Gasteiger partial charge is 0.476 e. The van der Waals surface area contributed by atoms with Crippen molar-refractivity contribution in [2.24, 2.45) is 0 Å². The number of fused-ring (bicyclic) bond motifs is 1. The summed E-state index contributed by atoms with van der Waals surface area (Å²) < 4.78 is 40.6. The maximum atomic E-state index is 13.0. The van der Waals surface area contributed by atoms with Crippen molar-refractivity contribution in [2.45, 2.75) is 6.18 Å². The van der Waals surface area contributed by atoms with Crippen LogP contribution >= 0.6 is 11.6 Å². The van der Waals surface area contributed by atoms with Crippen LogP contribution in [0.2, 0.25) is 5.02 Å². The number of rotatable bonds is 4. The highest BCUT2D eigenvalue weighted by Gasteiger charge is 2.33. The van der Waals surface area contributed by atoms with E-state index in [4.69, 9.17) is 11.6 Å². The number of pyridine rings is 1. The van der Waals surface area contributed by atoms with Gasteiger partial charge in [-0.2, -0.15) is 13.2 Å². The van der Waals surface area contributed by atoms with E-state index in [0.717, 1.165) is 12.1 Å². The van der Waals surface area contributed by atoms with Crippen LogP contribution in [0.4, 0.5) is 29.3 Å². The second kappa shape index (κ2) is 8.43. The fourth-order valence-corrected chi connectivity index (χ4v) is 3.35. The number of nitrogens with one attached hydrogen (secondary N) is 2. The van der Waals surface area contributed by atoms with Gasteiger partial charge < -0.3 is 15.7 Å². The zero-order chi connectivity index (χ0) is 23.8. The minimum Gasteiger partial charge on any atom is -0.476 e. The molecule has 0 aliphatic carbocycles. The summed E-state index contributed by atoms with van der Waals surface area (Å²) >= 11 is 5.58. The molecule has 0 saturated heterocycles. The number of urea groups is 1. The van der Waals surface area contributed by atoms with E-state index in [-0.39, 0.29) is 16.9 Å². The normalized spacial score (nSPS) is 11.4. The predicted molar refractivity (Wildman–Crippen MR) is 115 cm³/mol. The molecule has 33 heavy (non-hydrogen) atoms. The number of benzene rings is 2. The fraction of sp³-hybridized carbons (Fsp3) is 0.0476. The van der Waals surface area contributed by atoms with Crippen molar-refractivity contribution in [1.82, 2.24) is 14.5 Å². The average Bonchev–Trinajstić information content (AvgIpc) is 3.19. The Labute approximate surface area is 188 Å². The molecule has 8 nitrogen and oxygen atoms in total. The number of aromatic carboxylic acids is 1. The standard InChI is InChI=1S/C21H13ClF3N5O3/c22-15-6-3-12(9-14(15)21(23,24)25)29-20(33)28-11-1-4-13(5-2-11)30-10-27-17-16(30)7-8-26-18(17)19(31)32/h1-10H,(H,31,32)(H2,28,29,33). The molecule has 0 atom stereocenters. The van der Waals surface area contributed by atoms with Gasteiger partial charge in [0.2, 0.25) is 0 Å². The molecule has 0 radical (unpaired) electrons. The van der Waals surface area contributed by atoms with Crippen molar-refractivity contribution in [2.75, 3.05) is 10.6 Å². The minimum atomic E-state index is -4.65. The van der Waals surface area contributed by atoms with Crippen LogP contribution in [0, 0.1) is 0 Å². The lowest BCUT2D eigenvalue weighted by Crippen LogP contribution is -2.20. The number of halogens is 4. The van der Waals surface area contributed by atoms with Gasteiger partial charge in [0.15, 0.2) is 5.69 Å². The number of carboxylic acid groups (broad SMARTS) is 1. The molecule has 0 aliphatic heterocycles. The number of anilines is 2. The van der Waals surface area contributed by atoms with Crippen LogP contribution in [0.25, 0.3) is 16.7 Å². The third-order valence-electron chi connectivity index (χ3n) is 4.60.